The van der Waals surface area contributed by atoms with Gasteiger partial charge in [-0.05, 0) is 26.7 Å². The van der Waals surface area contributed by atoms with Crippen molar-refractivity contribution in [2.24, 2.45) is 5.73 Å². The fourth-order valence-corrected chi connectivity index (χ4v) is 3.44. The van der Waals surface area contributed by atoms with Gasteiger partial charge in [-0.25, -0.2) is 4.39 Å². The lowest BCUT2D eigenvalue weighted by atomic mass is 9.74. The summed E-state index contributed by atoms with van der Waals surface area (Å²) in [5, 5.41) is 0. The average molecular weight is 281 g/mol. The Balaban J connectivity index is 2.70. The van der Waals surface area contributed by atoms with Crippen LogP contribution in [-0.2, 0) is 5.54 Å². The topological polar surface area (TPSA) is 44.5 Å². The van der Waals surface area contributed by atoms with Gasteiger partial charge in [-0.15, -0.1) is 0 Å². The summed E-state index contributed by atoms with van der Waals surface area (Å²) in [6.45, 7) is 3.58. The zero-order valence-corrected chi connectivity index (χ0v) is 12.8. The molecular formula is C16H24FNO2. The monoisotopic (exact) mass is 281 g/mol. The first kappa shape index (κ1) is 15.1. The number of hydrogen-bond donors (Lipinski definition) is 1. The Hall–Kier alpha value is -1.29. The van der Waals surface area contributed by atoms with Gasteiger partial charge in [-0.3, -0.25) is 0 Å². The van der Waals surface area contributed by atoms with Gasteiger partial charge in [0.05, 0.1) is 14.2 Å². The van der Waals surface area contributed by atoms with Crippen molar-refractivity contribution in [2.75, 3.05) is 14.2 Å². The van der Waals surface area contributed by atoms with E-state index in [1.54, 1.807) is 14.0 Å². The Bertz CT molecular complexity index is 508. The quantitative estimate of drug-likeness (QED) is 0.921. The fraction of sp³-hybridized carbons (Fsp3) is 0.625. The highest BCUT2D eigenvalue weighted by Crippen LogP contribution is 2.46. The van der Waals surface area contributed by atoms with Crippen LogP contribution in [-0.4, -0.2) is 14.2 Å². The van der Waals surface area contributed by atoms with E-state index in [0.717, 1.165) is 36.8 Å². The third-order valence-electron chi connectivity index (χ3n) is 4.46. The van der Waals surface area contributed by atoms with E-state index < -0.39 is 5.54 Å². The standard InChI is InChI=1S/C16H24FNO2/c1-10-12(16(18)8-6-5-7-9-16)14(19-3)11(2)13(17)15(10)20-4/h5-9,18H2,1-4H3. The molecule has 1 aromatic carbocycles. The minimum absolute atomic E-state index is 0.286. The summed E-state index contributed by atoms with van der Waals surface area (Å²) in [5.41, 5.74) is 8.34. The average Bonchev–Trinajstić information content (AvgIpc) is 2.43. The molecule has 0 spiro atoms. The molecule has 2 rings (SSSR count). The van der Waals surface area contributed by atoms with Crippen molar-refractivity contribution in [1.29, 1.82) is 0 Å². The van der Waals surface area contributed by atoms with Gasteiger partial charge in [0.1, 0.15) is 5.75 Å². The van der Waals surface area contributed by atoms with Gasteiger partial charge in [-0.1, -0.05) is 19.3 Å². The lowest BCUT2D eigenvalue weighted by molar-refractivity contribution is 0.282. The summed E-state index contributed by atoms with van der Waals surface area (Å²) < 4.78 is 25.1. The van der Waals surface area contributed by atoms with Gasteiger partial charge in [-0.2, -0.15) is 0 Å². The van der Waals surface area contributed by atoms with Gasteiger partial charge in [0, 0.05) is 22.2 Å². The normalized spacial score (nSPS) is 17.9. The zero-order chi connectivity index (χ0) is 14.9. The fourth-order valence-electron chi connectivity index (χ4n) is 3.44. The van der Waals surface area contributed by atoms with Crippen LogP contribution in [0.25, 0.3) is 0 Å². The first-order valence-corrected chi connectivity index (χ1v) is 7.16. The Morgan fingerprint density at radius 3 is 2.00 bits per heavy atom. The summed E-state index contributed by atoms with van der Waals surface area (Å²) >= 11 is 0. The first-order valence-electron chi connectivity index (χ1n) is 7.16. The largest absolute Gasteiger partial charge is 0.496 e. The van der Waals surface area contributed by atoms with Gasteiger partial charge >= 0.3 is 0 Å². The van der Waals surface area contributed by atoms with Crippen LogP contribution in [0.1, 0.15) is 48.8 Å². The molecule has 1 fully saturated rings. The second kappa shape index (κ2) is 5.60. The lowest BCUT2D eigenvalue weighted by Gasteiger charge is -2.37. The van der Waals surface area contributed by atoms with E-state index >= 15 is 0 Å². The van der Waals surface area contributed by atoms with Crippen molar-refractivity contribution in [2.45, 2.75) is 51.5 Å². The third kappa shape index (κ3) is 2.26. The summed E-state index contributed by atoms with van der Waals surface area (Å²) in [6.07, 6.45) is 5.20. The molecule has 1 aliphatic rings. The van der Waals surface area contributed by atoms with E-state index in [0.29, 0.717) is 11.3 Å². The Morgan fingerprint density at radius 1 is 0.950 bits per heavy atom. The molecule has 0 bridgehead atoms. The van der Waals surface area contributed by atoms with Crippen LogP contribution in [0.5, 0.6) is 11.5 Å². The van der Waals surface area contributed by atoms with Crippen molar-refractivity contribution < 1.29 is 13.9 Å². The highest BCUT2D eigenvalue weighted by Gasteiger charge is 2.36. The molecule has 1 aliphatic carbocycles. The van der Waals surface area contributed by atoms with Crippen molar-refractivity contribution in [1.82, 2.24) is 0 Å². The summed E-state index contributed by atoms with van der Waals surface area (Å²) in [4.78, 5) is 0. The maximum absolute atomic E-state index is 14.3. The van der Waals surface area contributed by atoms with Crippen LogP contribution < -0.4 is 15.2 Å². The zero-order valence-electron chi connectivity index (χ0n) is 12.8. The molecule has 0 heterocycles. The van der Waals surface area contributed by atoms with Crippen LogP contribution >= 0.6 is 0 Å². The SMILES string of the molecule is COc1c(C)c(C2(N)CCCCC2)c(OC)c(C)c1F. The van der Waals surface area contributed by atoms with E-state index in [1.165, 1.54) is 13.5 Å². The minimum Gasteiger partial charge on any atom is -0.496 e. The molecule has 1 saturated carbocycles. The number of benzene rings is 1. The molecule has 0 aliphatic heterocycles. The molecule has 0 aromatic heterocycles. The summed E-state index contributed by atoms with van der Waals surface area (Å²) in [6, 6.07) is 0. The molecule has 0 saturated heterocycles. The van der Waals surface area contributed by atoms with Crippen LogP contribution in [0.4, 0.5) is 4.39 Å². The van der Waals surface area contributed by atoms with Gasteiger partial charge < -0.3 is 15.2 Å². The van der Waals surface area contributed by atoms with E-state index in [9.17, 15) is 4.39 Å². The predicted octanol–water partition coefficient (Wildman–Crippen LogP) is 3.58. The predicted molar refractivity (Wildman–Crippen MR) is 77.9 cm³/mol. The third-order valence-corrected chi connectivity index (χ3v) is 4.46. The molecule has 20 heavy (non-hydrogen) atoms. The van der Waals surface area contributed by atoms with Gasteiger partial charge in [0.25, 0.3) is 0 Å². The number of ether oxygens (including phenoxy) is 2. The van der Waals surface area contributed by atoms with E-state index in [-0.39, 0.29) is 11.6 Å². The smallest absolute Gasteiger partial charge is 0.171 e. The maximum atomic E-state index is 14.3. The molecule has 1 aromatic rings. The Labute approximate surface area is 120 Å². The number of hydrogen-bond acceptors (Lipinski definition) is 3. The number of halogens is 1. The first-order chi connectivity index (χ1) is 9.46. The number of methoxy groups -OCH3 is 2. The van der Waals surface area contributed by atoms with Crippen molar-refractivity contribution >= 4 is 0 Å². The van der Waals surface area contributed by atoms with Crippen molar-refractivity contribution in [3.05, 3.63) is 22.5 Å². The van der Waals surface area contributed by atoms with E-state index in [1.807, 2.05) is 6.92 Å². The molecule has 0 amide bonds. The molecular weight excluding hydrogens is 257 g/mol. The van der Waals surface area contributed by atoms with Gasteiger partial charge in [0.15, 0.2) is 11.6 Å². The van der Waals surface area contributed by atoms with E-state index in [2.05, 4.69) is 0 Å². The summed E-state index contributed by atoms with van der Waals surface area (Å²) in [7, 11) is 3.06. The lowest BCUT2D eigenvalue weighted by Crippen LogP contribution is -2.40. The summed E-state index contributed by atoms with van der Waals surface area (Å²) in [5.74, 6) is 0.504. The molecule has 0 atom stereocenters. The number of rotatable bonds is 3. The second-order valence-corrected chi connectivity index (χ2v) is 5.72. The second-order valence-electron chi connectivity index (χ2n) is 5.72. The molecule has 2 N–H and O–H groups in total. The number of nitrogens with two attached hydrogens (primary N) is 1. The molecule has 3 nitrogen and oxygen atoms in total. The Kier molecular flexibility index (Phi) is 4.23. The molecule has 4 heteroatoms. The van der Waals surface area contributed by atoms with Crippen molar-refractivity contribution in [3.8, 4) is 11.5 Å². The molecule has 0 unspecified atom stereocenters. The van der Waals surface area contributed by atoms with Crippen LogP contribution in [0.3, 0.4) is 0 Å². The highest BCUT2D eigenvalue weighted by atomic mass is 19.1. The molecule has 112 valence electrons. The van der Waals surface area contributed by atoms with E-state index in [4.69, 9.17) is 15.2 Å². The minimum atomic E-state index is -0.445. The molecule has 0 radical (unpaired) electrons. The van der Waals surface area contributed by atoms with Crippen LogP contribution in [0.2, 0.25) is 0 Å². The Morgan fingerprint density at radius 2 is 1.50 bits per heavy atom. The maximum Gasteiger partial charge on any atom is 0.171 e. The van der Waals surface area contributed by atoms with Gasteiger partial charge in [0.2, 0.25) is 0 Å². The van der Waals surface area contributed by atoms with Crippen molar-refractivity contribution in [3.63, 3.8) is 0 Å². The van der Waals surface area contributed by atoms with Crippen LogP contribution in [0, 0.1) is 19.7 Å². The van der Waals surface area contributed by atoms with Crippen LogP contribution in [0.15, 0.2) is 0 Å². The highest BCUT2D eigenvalue weighted by molar-refractivity contribution is 5.57.